The standard InChI is InChI=1S/C13H15NS/c1-10-4-3-5-12(11(10)2)8-14-13-6-7-15-9-13/h3-7,9,14H,8H2,1-2H3. The van der Waals surface area contributed by atoms with E-state index >= 15 is 0 Å². The van der Waals surface area contributed by atoms with Gasteiger partial charge < -0.3 is 5.32 Å². The third-order valence-corrected chi connectivity index (χ3v) is 3.40. The van der Waals surface area contributed by atoms with Crippen molar-refractivity contribution >= 4 is 17.0 Å². The van der Waals surface area contributed by atoms with Gasteiger partial charge in [0.1, 0.15) is 0 Å². The number of nitrogens with one attached hydrogen (secondary N) is 1. The second-order valence-electron chi connectivity index (χ2n) is 3.72. The Morgan fingerprint density at radius 2 is 2.07 bits per heavy atom. The predicted molar refractivity (Wildman–Crippen MR) is 67.6 cm³/mol. The predicted octanol–water partition coefficient (Wildman–Crippen LogP) is 3.98. The van der Waals surface area contributed by atoms with E-state index in [1.54, 1.807) is 11.3 Å². The quantitative estimate of drug-likeness (QED) is 0.820. The molecule has 78 valence electrons. The van der Waals surface area contributed by atoms with E-state index in [-0.39, 0.29) is 0 Å². The van der Waals surface area contributed by atoms with Crippen molar-refractivity contribution in [1.29, 1.82) is 0 Å². The van der Waals surface area contributed by atoms with E-state index < -0.39 is 0 Å². The summed E-state index contributed by atoms with van der Waals surface area (Å²) in [4.78, 5) is 0. The van der Waals surface area contributed by atoms with E-state index in [2.05, 4.69) is 54.2 Å². The molecule has 0 aliphatic carbocycles. The van der Waals surface area contributed by atoms with Crippen LogP contribution >= 0.6 is 11.3 Å². The Morgan fingerprint density at radius 3 is 2.80 bits per heavy atom. The zero-order valence-corrected chi connectivity index (χ0v) is 9.90. The van der Waals surface area contributed by atoms with Crippen LogP contribution in [0.15, 0.2) is 35.0 Å². The van der Waals surface area contributed by atoms with Gasteiger partial charge in [-0.2, -0.15) is 11.3 Å². The summed E-state index contributed by atoms with van der Waals surface area (Å²) in [5.74, 6) is 0. The number of anilines is 1. The van der Waals surface area contributed by atoms with E-state index in [1.165, 1.54) is 22.4 Å². The molecule has 1 aromatic heterocycles. The van der Waals surface area contributed by atoms with E-state index in [0.717, 1.165) is 6.54 Å². The van der Waals surface area contributed by atoms with Gasteiger partial charge in [-0.1, -0.05) is 18.2 Å². The Kier molecular flexibility index (Phi) is 3.07. The zero-order chi connectivity index (χ0) is 10.7. The van der Waals surface area contributed by atoms with Crippen LogP contribution in [0.1, 0.15) is 16.7 Å². The van der Waals surface area contributed by atoms with Crippen molar-refractivity contribution in [3.05, 3.63) is 51.7 Å². The lowest BCUT2D eigenvalue weighted by Gasteiger charge is -2.09. The summed E-state index contributed by atoms with van der Waals surface area (Å²) in [6, 6.07) is 8.56. The molecule has 1 heterocycles. The van der Waals surface area contributed by atoms with Gasteiger partial charge in [0.05, 0.1) is 0 Å². The molecule has 0 radical (unpaired) electrons. The molecule has 2 heteroatoms. The maximum Gasteiger partial charge on any atom is 0.0451 e. The van der Waals surface area contributed by atoms with Crippen molar-refractivity contribution in [2.75, 3.05) is 5.32 Å². The number of thiophene rings is 1. The zero-order valence-electron chi connectivity index (χ0n) is 9.08. The minimum Gasteiger partial charge on any atom is -0.380 e. The van der Waals surface area contributed by atoms with Crippen LogP contribution in [-0.4, -0.2) is 0 Å². The molecule has 1 aromatic carbocycles. The molecule has 0 unspecified atom stereocenters. The fourth-order valence-corrected chi connectivity index (χ4v) is 2.18. The van der Waals surface area contributed by atoms with Crippen LogP contribution in [-0.2, 0) is 6.54 Å². The largest absolute Gasteiger partial charge is 0.380 e. The van der Waals surface area contributed by atoms with Crippen LogP contribution in [0.4, 0.5) is 5.69 Å². The van der Waals surface area contributed by atoms with Gasteiger partial charge in [0.2, 0.25) is 0 Å². The van der Waals surface area contributed by atoms with E-state index in [9.17, 15) is 0 Å². The van der Waals surface area contributed by atoms with Crippen LogP contribution in [0.3, 0.4) is 0 Å². The first-order chi connectivity index (χ1) is 7.27. The molecule has 0 aliphatic rings. The third kappa shape index (κ3) is 2.39. The monoisotopic (exact) mass is 217 g/mol. The smallest absolute Gasteiger partial charge is 0.0451 e. The molecule has 0 atom stereocenters. The molecule has 1 nitrogen and oxygen atoms in total. The second kappa shape index (κ2) is 4.49. The number of benzene rings is 1. The lowest BCUT2D eigenvalue weighted by Crippen LogP contribution is -2.01. The van der Waals surface area contributed by atoms with Crippen molar-refractivity contribution in [1.82, 2.24) is 0 Å². The van der Waals surface area contributed by atoms with Crippen molar-refractivity contribution in [3.8, 4) is 0 Å². The fraction of sp³-hybridized carbons (Fsp3) is 0.231. The molecule has 2 aromatic rings. The van der Waals surface area contributed by atoms with Crippen molar-refractivity contribution in [3.63, 3.8) is 0 Å². The topological polar surface area (TPSA) is 12.0 Å². The van der Waals surface area contributed by atoms with Gasteiger partial charge in [0.15, 0.2) is 0 Å². The Bertz CT molecular complexity index is 432. The van der Waals surface area contributed by atoms with Gasteiger partial charge in [0.25, 0.3) is 0 Å². The molecule has 2 rings (SSSR count). The van der Waals surface area contributed by atoms with E-state index in [1.807, 2.05) is 0 Å². The molecule has 0 saturated heterocycles. The number of hydrogen-bond acceptors (Lipinski definition) is 2. The molecule has 0 aliphatic heterocycles. The summed E-state index contributed by atoms with van der Waals surface area (Å²) in [6.45, 7) is 5.24. The molecule has 15 heavy (non-hydrogen) atoms. The SMILES string of the molecule is Cc1cccc(CNc2ccsc2)c1C. The van der Waals surface area contributed by atoms with Crippen LogP contribution in [0, 0.1) is 13.8 Å². The summed E-state index contributed by atoms with van der Waals surface area (Å²) < 4.78 is 0. The average molecular weight is 217 g/mol. The lowest BCUT2D eigenvalue weighted by atomic mass is 10.0. The Labute approximate surface area is 94.8 Å². The molecule has 0 spiro atoms. The average Bonchev–Trinajstić information content (AvgIpc) is 2.73. The third-order valence-electron chi connectivity index (χ3n) is 2.72. The summed E-state index contributed by atoms with van der Waals surface area (Å²) in [7, 11) is 0. The molecular formula is C13H15NS. The first-order valence-corrected chi connectivity index (χ1v) is 6.03. The molecule has 0 bridgehead atoms. The minimum atomic E-state index is 0.907. The fourth-order valence-electron chi connectivity index (χ4n) is 1.57. The summed E-state index contributed by atoms with van der Waals surface area (Å²) in [5.41, 5.74) is 5.34. The molecular weight excluding hydrogens is 202 g/mol. The van der Waals surface area contributed by atoms with Crippen molar-refractivity contribution < 1.29 is 0 Å². The van der Waals surface area contributed by atoms with Crippen LogP contribution < -0.4 is 5.32 Å². The number of rotatable bonds is 3. The maximum absolute atomic E-state index is 3.42. The first kappa shape index (κ1) is 10.2. The maximum atomic E-state index is 3.42. The highest BCUT2D eigenvalue weighted by molar-refractivity contribution is 7.08. The second-order valence-corrected chi connectivity index (χ2v) is 4.50. The molecule has 0 amide bonds. The van der Waals surface area contributed by atoms with E-state index in [4.69, 9.17) is 0 Å². The number of aryl methyl sites for hydroxylation is 1. The van der Waals surface area contributed by atoms with Gasteiger partial charge in [-0.05, 0) is 42.0 Å². The lowest BCUT2D eigenvalue weighted by molar-refractivity contribution is 1.11. The van der Waals surface area contributed by atoms with E-state index in [0.29, 0.717) is 0 Å². The Hall–Kier alpha value is -1.28. The first-order valence-electron chi connectivity index (χ1n) is 5.08. The summed E-state index contributed by atoms with van der Waals surface area (Å²) in [5, 5.41) is 7.64. The Morgan fingerprint density at radius 1 is 1.20 bits per heavy atom. The van der Waals surface area contributed by atoms with Gasteiger partial charge in [0, 0.05) is 17.6 Å². The highest BCUT2D eigenvalue weighted by Gasteiger charge is 2.00. The van der Waals surface area contributed by atoms with Crippen molar-refractivity contribution in [2.24, 2.45) is 0 Å². The van der Waals surface area contributed by atoms with Crippen LogP contribution in [0.5, 0.6) is 0 Å². The number of hydrogen-bond donors (Lipinski definition) is 1. The van der Waals surface area contributed by atoms with Gasteiger partial charge in [-0.25, -0.2) is 0 Å². The molecule has 0 fully saturated rings. The van der Waals surface area contributed by atoms with Crippen LogP contribution in [0.25, 0.3) is 0 Å². The van der Waals surface area contributed by atoms with Gasteiger partial charge in [-0.3, -0.25) is 0 Å². The normalized spacial score (nSPS) is 10.3. The minimum absolute atomic E-state index is 0.907. The summed E-state index contributed by atoms with van der Waals surface area (Å²) in [6.07, 6.45) is 0. The highest BCUT2D eigenvalue weighted by Crippen LogP contribution is 2.16. The van der Waals surface area contributed by atoms with Gasteiger partial charge >= 0.3 is 0 Å². The van der Waals surface area contributed by atoms with Crippen LogP contribution in [0.2, 0.25) is 0 Å². The van der Waals surface area contributed by atoms with Crippen molar-refractivity contribution in [2.45, 2.75) is 20.4 Å². The molecule has 1 N–H and O–H groups in total. The summed E-state index contributed by atoms with van der Waals surface area (Å²) >= 11 is 1.72. The highest BCUT2D eigenvalue weighted by atomic mass is 32.1. The Balaban J connectivity index is 2.08. The van der Waals surface area contributed by atoms with Gasteiger partial charge in [-0.15, -0.1) is 0 Å². The molecule has 0 saturated carbocycles.